The summed E-state index contributed by atoms with van der Waals surface area (Å²) < 4.78 is 35.1. The quantitative estimate of drug-likeness (QED) is 0.771. The number of hydrogen-bond acceptors (Lipinski definition) is 2. The Morgan fingerprint density at radius 1 is 1.06 bits per heavy atom. The van der Waals surface area contributed by atoms with Crippen LogP contribution in [0.25, 0.3) is 0 Å². The molecule has 7 heteroatoms. The van der Waals surface area contributed by atoms with Crippen molar-refractivity contribution in [2.45, 2.75) is 33.4 Å². The topological polar surface area (TPSA) is 74.6 Å². The zero-order valence-electron chi connectivity index (χ0n) is 10.3. The van der Waals surface area contributed by atoms with Gasteiger partial charge in [-0.1, -0.05) is 12.2 Å². The number of halogens is 3. The second kappa shape index (κ2) is 7.52. The summed E-state index contributed by atoms with van der Waals surface area (Å²) in [6, 6.07) is 0. The Kier molecular flexibility index (Phi) is 7.76. The number of allylic oxidation sites excluding steroid dienone is 1. The standard InChI is InChI=1S/C7H9F3O2.C4H6O2/c1-4(3-7(8,9)10)5(2)6(11)12;1-3(2)4(5)6/h3H2,1-2H3,(H,11,12);1H2,2H3,(H,5,6). The van der Waals surface area contributed by atoms with Gasteiger partial charge in [-0.2, -0.15) is 13.2 Å². The van der Waals surface area contributed by atoms with Gasteiger partial charge in [0, 0.05) is 11.1 Å². The zero-order chi connectivity index (χ0) is 15.1. The second-order valence-electron chi connectivity index (χ2n) is 3.59. The second-order valence-corrected chi connectivity index (χ2v) is 3.59. The molecule has 0 heterocycles. The smallest absolute Gasteiger partial charge is 0.392 e. The Morgan fingerprint density at radius 2 is 1.39 bits per heavy atom. The summed E-state index contributed by atoms with van der Waals surface area (Å²) in [5.74, 6) is -2.24. The highest BCUT2D eigenvalue weighted by molar-refractivity contribution is 5.86. The Hall–Kier alpha value is -1.79. The highest BCUT2D eigenvalue weighted by atomic mass is 19.4. The minimum absolute atomic E-state index is 0.157. The molecule has 0 aliphatic rings. The number of hydrogen-bond donors (Lipinski definition) is 2. The number of carboxylic acids is 2. The maximum absolute atomic E-state index is 11.7. The lowest BCUT2D eigenvalue weighted by atomic mass is 10.1. The van der Waals surface area contributed by atoms with E-state index in [1.165, 1.54) is 6.92 Å². The molecule has 0 aromatic carbocycles. The fourth-order valence-corrected chi connectivity index (χ4v) is 0.616. The third-order valence-electron chi connectivity index (χ3n) is 1.79. The number of carboxylic acid groups (broad SMARTS) is 2. The van der Waals surface area contributed by atoms with Crippen LogP contribution in [0, 0.1) is 0 Å². The maximum Gasteiger partial charge on any atom is 0.392 e. The lowest BCUT2D eigenvalue weighted by Gasteiger charge is -2.07. The van der Waals surface area contributed by atoms with Crippen molar-refractivity contribution in [3.8, 4) is 0 Å². The van der Waals surface area contributed by atoms with Crippen LogP contribution in [0.1, 0.15) is 27.2 Å². The van der Waals surface area contributed by atoms with Gasteiger partial charge < -0.3 is 10.2 Å². The Balaban J connectivity index is 0. The lowest BCUT2D eigenvalue weighted by Crippen LogP contribution is -2.10. The Morgan fingerprint density at radius 3 is 1.56 bits per heavy atom. The molecule has 0 unspecified atom stereocenters. The van der Waals surface area contributed by atoms with Gasteiger partial charge in [-0.05, 0) is 20.8 Å². The normalized spacial score (nSPS) is 11.9. The van der Waals surface area contributed by atoms with Crippen LogP contribution >= 0.6 is 0 Å². The number of rotatable bonds is 3. The van der Waals surface area contributed by atoms with Gasteiger partial charge >= 0.3 is 18.1 Å². The SMILES string of the molecule is C=C(C)C(=O)O.CC(CC(F)(F)F)=C(C)C(=O)O. The molecule has 0 aliphatic heterocycles. The van der Waals surface area contributed by atoms with E-state index in [2.05, 4.69) is 6.58 Å². The van der Waals surface area contributed by atoms with E-state index < -0.39 is 24.5 Å². The zero-order valence-corrected chi connectivity index (χ0v) is 10.3. The highest BCUT2D eigenvalue weighted by Crippen LogP contribution is 2.25. The molecule has 4 nitrogen and oxygen atoms in total. The number of aliphatic carboxylic acids is 2. The molecule has 0 fully saturated rings. The highest BCUT2D eigenvalue weighted by Gasteiger charge is 2.28. The fraction of sp³-hybridized carbons (Fsp3) is 0.455. The van der Waals surface area contributed by atoms with Crippen molar-refractivity contribution in [1.29, 1.82) is 0 Å². The van der Waals surface area contributed by atoms with Gasteiger partial charge in [0.15, 0.2) is 0 Å². The van der Waals surface area contributed by atoms with Crippen molar-refractivity contribution in [1.82, 2.24) is 0 Å². The van der Waals surface area contributed by atoms with E-state index in [1.807, 2.05) is 0 Å². The average molecular weight is 268 g/mol. The van der Waals surface area contributed by atoms with Gasteiger partial charge in [-0.3, -0.25) is 0 Å². The molecular formula is C11H15F3O4. The van der Waals surface area contributed by atoms with Gasteiger partial charge in [-0.25, -0.2) is 9.59 Å². The van der Waals surface area contributed by atoms with Gasteiger partial charge in [-0.15, -0.1) is 0 Å². The van der Waals surface area contributed by atoms with E-state index in [9.17, 15) is 22.8 Å². The van der Waals surface area contributed by atoms with Crippen molar-refractivity contribution < 1.29 is 33.0 Å². The molecule has 0 aromatic rings. The van der Waals surface area contributed by atoms with E-state index in [0.717, 1.165) is 13.8 Å². The van der Waals surface area contributed by atoms with Gasteiger partial charge in [0.1, 0.15) is 0 Å². The number of carbonyl (C=O) groups is 2. The van der Waals surface area contributed by atoms with E-state index in [-0.39, 0.29) is 16.7 Å². The average Bonchev–Trinajstić information content (AvgIpc) is 2.14. The molecule has 0 rings (SSSR count). The lowest BCUT2D eigenvalue weighted by molar-refractivity contribution is -0.134. The minimum atomic E-state index is -4.33. The van der Waals surface area contributed by atoms with Crippen LogP contribution in [0.4, 0.5) is 13.2 Å². The molecular weight excluding hydrogens is 253 g/mol. The van der Waals surface area contributed by atoms with Gasteiger partial charge in [0.25, 0.3) is 0 Å². The monoisotopic (exact) mass is 268 g/mol. The summed E-state index contributed by atoms with van der Waals surface area (Å²) in [4.78, 5) is 19.8. The number of alkyl halides is 3. The fourth-order valence-electron chi connectivity index (χ4n) is 0.616. The van der Waals surface area contributed by atoms with Crippen LogP contribution < -0.4 is 0 Å². The van der Waals surface area contributed by atoms with Crippen molar-refractivity contribution in [3.63, 3.8) is 0 Å². The van der Waals surface area contributed by atoms with Crippen molar-refractivity contribution >= 4 is 11.9 Å². The van der Waals surface area contributed by atoms with Crippen molar-refractivity contribution in [3.05, 3.63) is 23.3 Å². The maximum atomic E-state index is 11.7. The predicted molar refractivity (Wildman–Crippen MR) is 59.1 cm³/mol. The van der Waals surface area contributed by atoms with Crippen LogP contribution in [0.5, 0.6) is 0 Å². The summed E-state index contributed by atoms with van der Waals surface area (Å²) in [7, 11) is 0. The van der Waals surface area contributed by atoms with Crippen molar-refractivity contribution in [2.75, 3.05) is 0 Å². The summed E-state index contributed by atoms with van der Waals surface area (Å²) >= 11 is 0. The summed E-state index contributed by atoms with van der Waals surface area (Å²) in [6.07, 6.45) is -5.49. The van der Waals surface area contributed by atoms with Crippen LogP contribution in [0.3, 0.4) is 0 Å². The molecule has 0 saturated carbocycles. The molecule has 0 saturated heterocycles. The first kappa shape index (κ1) is 18.6. The third-order valence-corrected chi connectivity index (χ3v) is 1.79. The Bertz CT molecular complexity index is 355. The molecule has 0 amide bonds. The molecule has 104 valence electrons. The van der Waals surface area contributed by atoms with E-state index in [4.69, 9.17) is 10.2 Å². The van der Waals surface area contributed by atoms with E-state index >= 15 is 0 Å². The summed E-state index contributed by atoms with van der Waals surface area (Å²) in [5.41, 5.74) is -0.225. The van der Waals surface area contributed by atoms with E-state index in [0.29, 0.717) is 0 Å². The molecule has 0 atom stereocenters. The van der Waals surface area contributed by atoms with E-state index in [1.54, 1.807) is 0 Å². The molecule has 0 aliphatic carbocycles. The summed E-state index contributed by atoms with van der Waals surface area (Å²) in [5, 5.41) is 16.2. The molecule has 0 aromatic heterocycles. The first-order valence-electron chi connectivity index (χ1n) is 4.73. The van der Waals surface area contributed by atoms with Crippen LogP contribution in [0.15, 0.2) is 23.3 Å². The molecule has 18 heavy (non-hydrogen) atoms. The first-order valence-corrected chi connectivity index (χ1v) is 4.73. The van der Waals surface area contributed by atoms with Crippen LogP contribution in [0.2, 0.25) is 0 Å². The van der Waals surface area contributed by atoms with Crippen LogP contribution in [-0.4, -0.2) is 28.3 Å². The minimum Gasteiger partial charge on any atom is -0.478 e. The Labute approximate surface area is 102 Å². The van der Waals surface area contributed by atoms with Crippen LogP contribution in [-0.2, 0) is 9.59 Å². The first-order chi connectivity index (χ1) is 7.88. The molecule has 0 spiro atoms. The molecule has 0 radical (unpaired) electrons. The summed E-state index contributed by atoms with van der Waals surface area (Å²) in [6.45, 7) is 6.92. The third kappa shape index (κ3) is 10.7. The van der Waals surface area contributed by atoms with Crippen molar-refractivity contribution in [2.24, 2.45) is 0 Å². The largest absolute Gasteiger partial charge is 0.478 e. The van der Waals surface area contributed by atoms with Gasteiger partial charge in [0.2, 0.25) is 0 Å². The molecule has 2 N–H and O–H groups in total. The molecule has 0 bridgehead atoms. The van der Waals surface area contributed by atoms with Gasteiger partial charge in [0.05, 0.1) is 6.42 Å². The predicted octanol–water partition coefficient (Wildman–Crippen LogP) is 3.01.